The highest BCUT2D eigenvalue weighted by Gasteiger charge is 2.13. The minimum Gasteiger partial charge on any atom is -0.497 e. The van der Waals surface area contributed by atoms with E-state index in [1.54, 1.807) is 24.4 Å². The fraction of sp³-hybridized carbons (Fsp3) is 0.0667. The van der Waals surface area contributed by atoms with Crippen molar-refractivity contribution in [3.05, 3.63) is 52.5 Å². The summed E-state index contributed by atoms with van der Waals surface area (Å²) in [6.45, 7) is 0. The second kappa shape index (κ2) is 6.89. The third kappa shape index (κ3) is 4.02. The number of H-pyrrole nitrogens is 2. The van der Waals surface area contributed by atoms with Gasteiger partial charge in [-0.1, -0.05) is 11.8 Å². The van der Waals surface area contributed by atoms with Gasteiger partial charge in [0.2, 0.25) is 0 Å². The normalized spacial score (nSPS) is 12.1. The predicted molar refractivity (Wildman–Crippen MR) is 94.9 cm³/mol. The van der Waals surface area contributed by atoms with Crippen LogP contribution in [0.3, 0.4) is 0 Å². The maximum absolute atomic E-state index is 11.8. The van der Waals surface area contributed by atoms with Crippen molar-refractivity contribution in [1.82, 2.24) is 15.0 Å². The molecule has 0 bridgehead atoms. The molecule has 0 unspecified atom stereocenters. The smallest absolute Gasteiger partial charge is 0.349 e. The van der Waals surface area contributed by atoms with E-state index >= 15 is 0 Å². The Labute approximate surface area is 146 Å². The number of ether oxygens (including phenoxy) is 1. The topological polar surface area (TPSA) is 128 Å². The fourth-order valence-electron chi connectivity index (χ4n) is 2.18. The lowest BCUT2D eigenvalue weighted by molar-refractivity contribution is 0.386. The molecule has 0 saturated heterocycles. The molecule has 0 aliphatic heterocycles. The van der Waals surface area contributed by atoms with E-state index in [0.717, 1.165) is 15.6 Å². The molecule has 0 amide bonds. The van der Waals surface area contributed by atoms with E-state index < -0.39 is 7.60 Å². The van der Waals surface area contributed by atoms with E-state index in [-0.39, 0.29) is 5.56 Å². The molecule has 10 heteroatoms. The number of benzene rings is 1. The van der Waals surface area contributed by atoms with Gasteiger partial charge in [-0.3, -0.25) is 9.36 Å². The Morgan fingerprint density at radius 1 is 1.28 bits per heavy atom. The Morgan fingerprint density at radius 2 is 2.08 bits per heavy atom. The third-order valence-corrected chi connectivity index (χ3v) is 4.98. The van der Waals surface area contributed by atoms with Gasteiger partial charge < -0.3 is 24.5 Å². The van der Waals surface area contributed by atoms with Gasteiger partial charge >= 0.3 is 7.60 Å². The lowest BCUT2D eigenvalue weighted by atomic mass is 10.2. The lowest BCUT2D eigenvalue weighted by Gasteiger charge is -2.08. The van der Waals surface area contributed by atoms with Crippen molar-refractivity contribution in [3.63, 3.8) is 0 Å². The second-order valence-electron chi connectivity index (χ2n) is 5.02. The SMILES string of the molecule is COc1ccc(Sc2c[nH]c3c(=O)[nH]cnc23)c(C=CP(=O)(O)O)c1. The molecular weight excluding hydrogens is 365 g/mol. The number of methoxy groups -OCH3 is 1. The lowest BCUT2D eigenvalue weighted by Crippen LogP contribution is -2.05. The maximum atomic E-state index is 11.8. The quantitative estimate of drug-likeness (QED) is 0.502. The Kier molecular flexibility index (Phi) is 4.82. The molecule has 25 heavy (non-hydrogen) atoms. The first kappa shape index (κ1) is 17.5. The Balaban J connectivity index is 2.04. The summed E-state index contributed by atoms with van der Waals surface area (Å²) >= 11 is 1.32. The van der Waals surface area contributed by atoms with Crippen LogP contribution in [0.5, 0.6) is 5.75 Å². The number of nitrogens with zero attached hydrogens (tertiary/aromatic N) is 1. The molecule has 0 spiro atoms. The van der Waals surface area contributed by atoms with Crippen molar-refractivity contribution >= 4 is 36.5 Å². The van der Waals surface area contributed by atoms with Crippen LogP contribution in [0.15, 0.2) is 51.1 Å². The van der Waals surface area contributed by atoms with Gasteiger partial charge in [0.25, 0.3) is 5.56 Å². The molecule has 1 aromatic carbocycles. The van der Waals surface area contributed by atoms with Gasteiger partial charge in [-0.25, -0.2) is 4.98 Å². The number of aromatic nitrogens is 3. The number of fused-ring (bicyclic) bond motifs is 1. The fourth-order valence-corrected chi connectivity index (χ4v) is 3.52. The van der Waals surface area contributed by atoms with Crippen LogP contribution in [-0.2, 0) is 4.57 Å². The number of nitrogens with one attached hydrogen (secondary N) is 2. The molecule has 0 aliphatic rings. The predicted octanol–water partition coefficient (Wildman–Crippen LogP) is 2.56. The zero-order valence-corrected chi connectivity index (χ0v) is 14.7. The first-order valence-electron chi connectivity index (χ1n) is 7.02. The van der Waals surface area contributed by atoms with Crippen LogP contribution in [0.2, 0.25) is 0 Å². The monoisotopic (exact) mass is 379 g/mol. The molecule has 3 aromatic rings. The van der Waals surface area contributed by atoms with Crippen LogP contribution in [0, 0.1) is 0 Å². The van der Waals surface area contributed by atoms with Crippen molar-refractivity contribution in [2.24, 2.45) is 0 Å². The van der Waals surface area contributed by atoms with Gasteiger partial charge in [-0.05, 0) is 29.8 Å². The van der Waals surface area contributed by atoms with Crippen LogP contribution in [-0.4, -0.2) is 31.8 Å². The molecule has 4 N–H and O–H groups in total. The first-order valence-corrected chi connectivity index (χ1v) is 9.52. The summed E-state index contributed by atoms with van der Waals surface area (Å²) in [6.07, 6.45) is 4.34. The van der Waals surface area contributed by atoms with Gasteiger partial charge in [0.05, 0.1) is 18.3 Å². The van der Waals surface area contributed by atoms with Gasteiger partial charge in [0, 0.05) is 16.9 Å². The largest absolute Gasteiger partial charge is 0.497 e. The molecule has 2 heterocycles. The van der Waals surface area contributed by atoms with Crippen molar-refractivity contribution < 1.29 is 19.1 Å². The summed E-state index contributed by atoms with van der Waals surface area (Å²) in [6, 6.07) is 5.19. The molecule has 8 nitrogen and oxygen atoms in total. The number of aromatic amines is 2. The summed E-state index contributed by atoms with van der Waals surface area (Å²) in [4.78, 5) is 40.9. The Hall–Kier alpha value is -2.32. The number of hydrogen-bond donors (Lipinski definition) is 4. The zero-order chi connectivity index (χ0) is 18.0. The molecule has 0 aliphatic carbocycles. The zero-order valence-electron chi connectivity index (χ0n) is 13.0. The highest BCUT2D eigenvalue weighted by molar-refractivity contribution is 7.99. The molecular formula is C15H14N3O5PS. The summed E-state index contributed by atoms with van der Waals surface area (Å²) in [5.41, 5.74) is 1.19. The second-order valence-corrected chi connectivity index (χ2v) is 7.58. The Morgan fingerprint density at radius 3 is 2.80 bits per heavy atom. The maximum Gasteiger partial charge on any atom is 0.349 e. The molecule has 3 rings (SSSR count). The summed E-state index contributed by atoms with van der Waals surface area (Å²) in [5, 5.41) is 0. The van der Waals surface area contributed by atoms with Crippen molar-refractivity contribution in [2.45, 2.75) is 9.79 Å². The molecule has 2 aromatic heterocycles. The van der Waals surface area contributed by atoms with Crippen molar-refractivity contribution in [2.75, 3.05) is 7.11 Å². The van der Waals surface area contributed by atoms with Crippen LogP contribution in [0.1, 0.15) is 5.56 Å². The summed E-state index contributed by atoms with van der Waals surface area (Å²) in [5.74, 6) is 1.40. The van der Waals surface area contributed by atoms with E-state index in [1.165, 1.54) is 31.3 Å². The highest BCUT2D eigenvalue weighted by Crippen LogP contribution is 2.40. The third-order valence-electron chi connectivity index (χ3n) is 3.32. The highest BCUT2D eigenvalue weighted by atomic mass is 32.2. The average Bonchev–Trinajstić information content (AvgIpc) is 2.97. The van der Waals surface area contributed by atoms with E-state index in [9.17, 15) is 9.36 Å². The molecule has 0 saturated carbocycles. The van der Waals surface area contributed by atoms with Gasteiger partial charge in [0.15, 0.2) is 0 Å². The van der Waals surface area contributed by atoms with Crippen LogP contribution in [0.4, 0.5) is 0 Å². The van der Waals surface area contributed by atoms with Crippen molar-refractivity contribution in [3.8, 4) is 5.75 Å². The molecule has 0 atom stereocenters. The summed E-state index contributed by atoms with van der Waals surface area (Å²) < 4.78 is 16.3. The van der Waals surface area contributed by atoms with E-state index in [1.807, 2.05) is 0 Å². The van der Waals surface area contributed by atoms with Crippen molar-refractivity contribution in [1.29, 1.82) is 0 Å². The molecule has 0 fully saturated rings. The minimum atomic E-state index is -4.29. The molecule has 0 radical (unpaired) electrons. The average molecular weight is 379 g/mol. The molecule has 130 valence electrons. The van der Waals surface area contributed by atoms with Crippen LogP contribution < -0.4 is 10.3 Å². The summed E-state index contributed by atoms with van der Waals surface area (Å²) in [7, 11) is -2.78. The van der Waals surface area contributed by atoms with Crippen LogP contribution in [0.25, 0.3) is 17.1 Å². The van der Waals surface area contributed by atoms with Crippen LogP contribution >= 0.6 is 19.4 Å². The van der Waals surface area contributed by atoms with Gasteiger partial charge in [0.1, 0.15) is 16.8 Å². The minimum absolute atomic E-state index is 0.270. The van der Waals surface area contributed by atoms with E-state index in [4.69, 9.17) is 14.5 Å². The number of rotatable bonds is 5. The number of hydrogen-bond acceptors (Lipinski definition) is 5. The standard InChI is InChI=1S/C15H14N3O5PS/c1-23-10-2-3-11(9(6-10)4-5-24(20,21)22)25-12-7-16-14-13(12)17-8-18-15(14)19/h2-8,16H,1H3,(H,17,18,19)(H2,20,21,22). The Bertz CT molecular complexity index is 1050. The van der Waals surface area contributed by atoms with E-state index in [2.05, 4.69) is 15.0 Å². The van der Waals surface area contributed by atoms with Gasteiger partial charge in [-0.2, -0.15) is 0 Å². The first-order chi connectivity index (χ1) is 11.9. The van der Waals surface area contributed by atoms with Gasteiger partial charge in [-0.15, -0.1) is 0 Å². The van der Waals surface area contributed by atoms with E-state index in [0.29, 0.717) is 22.3 Å².